The van der Waals surface area contributed by atoms with Gasteiger partial charge in [-0.15, -0.1) is 6.58 Å². The molecule has 0 aliphatic carbocycles. The smallest absolute Gasteiger partial charge is 0.343 e. The van der Waals surface area contributed by atoms with Gasteiger partial charge < -0.3 is 23.7 Å². The van der Waals surface area contributed by atoms with E-state index in [1.54, 1.807) is 54.6 Å². The van der Waals surface area contributed by atoms with E-state index in [0.717, 1.165) is 5.56 Å². The zero-order chi connectivity index (χ0) is 28.0. The van der Waals surface area contributed by atoms with Crippen molar-refractivity contribution in [2.75, 3.05) is 26.9 Å². The second kappa shape index (κ2) is 14.8. The molecule has 0 fully saturated rings. The van der Waals surface area contributed by atoms with E-state index in [-0.39, 0.29) is 12.4 Å². The maximum absolute atomic E-state index is 12.6. The third-order valence-electron chi connectivity index (χ3n) is 5.24. The highest BCUT2D eigenvalue weighted by atomic mass is 16.6. The molecule has 0 unspecified atom stereocenters. The Hall–Kier alpha value is -4.79. The second-order valence-electron chi connectivity index (χ2n) is 8.05. The Labute approximate surface area is 228 Å². The minimum Gasteiger partial charge on any atom is -0.494 e. The summed E-state index contributed by atoms with van der Waals surface area (Å²) in [7, 11) is 1.53. The van der Waals surface area contributed by atoms with Crippen LogP contribution in [0.2, 0.25) is 0 Å². The molecule has 0 heterocycles. The lowest BCUT2D eigenvalue weighted by Gasteiger charge is -2.12. The molecule has 1 N–H and O–H groups in total. The van der Waals surface area contributed by atoms with Crippen molar-refractivity contribution in [3.05, 3.63) is 90.0 Å². The Morgan fingerprint density at radius 3 is 2.31 bits per heavy atom. The summed E-state index contributed by atoms with van der Waals surface area (Å²) in [5, 5.41) is 3.98. The summed E-state index contributed by atoms with van der Waals surface area (Å²) in [6.45, 7) is 8.08. The predicted molar refractivity (Wildman–Crippen MR) is 148 cm³/mol. The molecule has 0 aromatic heterocycles. The number of carbonyl (C=O) groups excluding carboxylic acids is 2. The molecule has 0 atom stereocenters. The van der Waals surface area contributed by atoms with Gasteiger partial charge in [-0.1, -0.05) is 12.1 Å². The molecule has 3 aromatic rings. The molecule has 204 valence electrons. The van der Waals surface area contributed by atoms with Crippen LogP contribution in [0.5, 0.6) is 28.7 Å². The first-order chi connectivity index (χ1) is 19.0. The van der Waals surface area contributed by atoms with Gasteiger partial charge in [-0.2, -0.15) is 5.10 Å². The first-order valence-electron chi connectivity index (χ1n) is 12.4. The van der Waals surface area contributed by atoms with Crippen molar-refractivity contribution in [3.63, 3.8) is 0 Å². The molecule has 3 rings (SSSR count). The fraction of sp³-hybridized carbons (Fsp3) is 0.233. The van der Waals surface area contributed by atoms with Gasteiger partial charge in [-0.3, -0.25) is 4.79 Å². The number of hydrogen-bond donors (Lipinski definition) is 1. The largest absolute Gasteiger partial charge is 0.494 e. The monoisotopic (exact) mass is 532 g/mol. The maximum Gasteiger partial charge on any atom is 0.343 e. The summed E-state index contributed by atoms with van der Waals surface area (Å²) >= 11 is 0. The van der Waals surface area contributed by atoms with Crippen LogP contribution in [-0.2, 0) is 11.2 Å². The van der Waals surface area contributed by atoms with Gasteiger partial charge in [0.1, 0.15) is 5.75 Å². The molecule has 39 heavy (non-hydrogen) atoms. The van der Waals surface area contributed by atoms with Crippen molar-refractivity contribution in [1.82, 2.24) is 5.43 Å². The number of hydrogen-bond acceptors (Lipinski definition) is 8. The topological polar surface area (TPSA) is 105 Å². The van der Waals surface area contributed by atoms with Crippen molar-refractivity contribution in [1.29, 1.82) is 0 Å². The zero-order valence-corrected chi connectivity index (χ0v) is 22.3. The van der Waals surface area contributed by atoms with Gasteiger partial charge in [0.05, 0.1) is 32.1 Å². The maximum atomic E-state index is 12.6. The lowest BCUT2D eigenvalue weighted by atomic mass is 10.1. The Kier molecular flexibility index (Phi) is 10.9. The molecule has 0 spiro atoms. The summed E-state index contributed by atoms with van der Waals surface area (Å²) in [4.78, 5) is 24.8. The first kappa shape index (κ1) is 28.8. The van der Waals surface area contributed by atoms with E-state index in [1.165, 1.54) is 13.3 Å². The highest BCUT2D eigenvalue weighted by molar-refractivity contribution is 5.92. The molecule has 0 aliphatic heterocycles. The Balaban J connectivity index is 1.58. The number of esters is 1. The molecule has 0 saturated heterocycles. The van der Waals surface area contributed by atoms with Crippen molar-refractivity contribution in [3.8, 4) is 28.7 Å². The summed E-state index contributed by atoms with van der Waals surface area (Å²) < 4.78 is 27.5. The second-order valence-corrected chi connectivity index (χ2v) is 8.05. The third-order valence-corrected chi connectivity index (χ3v) is 5.24. The average Bonchev–Trinajstić information content (AvgIpc) is 2.94. The van der Waals surface area contributed by atoms with Crippen molar-refractivity contribution < 1.29 is 33.3 Å². The third kappa shape index (κ3) is 8.63. The number of rotatable bonds is 14. The standard InChI is InChI=1S/C30H32N2O7/c1-5-8-21-9-15-25(27(17-21)35-4)38-20-29(33)32-31-19-22-10-16-26(28(18-22)37-7-3)39-30(34)23-11-13-24(14-12-23)36-6-2/h5,9-19H,1,6-8,20H2,2-4H3,(H,32,33)/b31-19-. The van der Waals surface area contributed by atoms with Crippen molar-refractivity contribution in [2.24, 2.45) is 5.10 Å². The molecule has 3 aromatic carbocycles. The zero-order valence-electron chi connectivity index (χ0n) is 22.3. The molecule has 0 bridgehead atoms. The molecule has 1 amide bonds. The first-order valence-corrected chi connectivity index (χ1v) is 12.4. The van der Waals surface area contributed by atoms with Crippen LogP contribution in [0.15, 0.2) is 78.4 Å². The highest BCUT2D eigenvalue weighted by Crippen LogP contribution is 2.30. The predicted octanol–water partition coefficient (Wildman–Crippen LogP) is 4.97. The quantitative estimate of drug-likeness (QED) is 0.103. The molecular weight excluding hydrogens is 500 g/mol. The lowest BCUT2D eigenvalue weighted by Crippen LogP contribution is -2.24. The van der Waals surface area contributed by atoms with Crippen LogP contribution in [-0.4, -0.2) is 45.0 Å². The summed E-state index contributed by atoms with van der Waals surface area (Å²) in [5.74, 6) is 1.29. The van der Waals surface area contributed by atoms with Gasteiger partial charge in [0.2, 0.25) is 0 Å². The Morgan fingerprint density at radius 2 is 1.62 bits per heavy atom. The summed E-state index contributed by atoms with van der Waals surface area (Å²) in [5.41, 5.74) is 4.44. The fourth-order valence-electron chi connectivity index (χ4n) is 3.45. The molecule has 9 heteroatoms. The van der Waals surface area contributed by atoms with Gasteiger partial charge in [0.15, 0.2) is 29.6 Å². The summed E-state index contributed by atoms with van der Waals surface area (Å²) in [6, 6.07) is 17.1. The number of nitrogens with one attached hydrogen (secondary N) is 1. The van der Waals surface area contributed by atoms with E-state index >= 15 is 0 Å². The van der Waals surface area contributed by atoms with Gasteiger partial charge in [-0.05, 0) is 86.0 Å². The van der Waals surface area contributed by atoms with Crippen molar-refractivity contribution >= 4 is 18.1 Å². The van der Waals surface area contributed by atoms with Gasteiger partial charge in [-0.25, -0.2) is 10.2 Å². The average molecular weight is 533 g/mol. The van der Waals surface area contributed by atoms with Crippen LogP contribution in [0, 0.1) is 0 Å². The Morgan fingerprint density at radius 1 is 0.872 bits per heavy atom. The van der Waals surface area contributed by atoms with Crippen LogP contribution < -0.4 is 29.1 Å². The highest BCUT2D eigenvalue weighted by Gasteiger charge is 2.14. The number of hydrazone groups is 1. The van der Waals surface area contributed by atoms with Gasteiger partial charge in [0, 0.05) is 0 Å². The molecule has 0 radical (unpaired) electrons. The van der Waals surface area contributed by atoms with Gasteiger partial charge >= 0.3 is 5.97 Å². The number of nitrogens with zero attached hydrogens (tertiary/aromatic N) is 1. The number of allylic oxidation sites excluding steroid dienone is 1. The fourth-order valence-corrected chi connectivity index (χ4v) is 3.45. The van der Waals surface area contributed by atoms with Crippen LogP contribution >= 0.6 is 0 Å². The van der Waals surface area contributed by atoms with Crippen LogP contribution in [0.1, 0.15) is 35.3 Å². The normalized spacial score (nSPS) is 10.5. The SMILES string of the molecule is C=CCc1ccc(OCC(=O)N/N=C\c2ccc(OC(=O)c3ccc(OCC)cc3)c(OCC)c2)c(OC)c1. The number of carbonyl (C=O) groups is 2. The number of benzene rings is 3. The Bertz CT molecular complexity index is 1300. The minimum atomic E-state index is -0.528. The van der Waals surface area contributed by atoms with E-state index in [2.05, 4.69) is 17.1 Å². The molecular formula is C30H32N2O7. The molecule has 0 saturated carbocycles. The van der Waals surface area contributed by atoms with E-state index in [9.17, 15) is 9.59 Å². The van der Waals surface area contributed by atoms with Crippen molar-refractivity contribution in [2.45, 2.75) is 20.3 Å². The summed E-state index contributed by atoms with van der Waals surface area (Å²) in [6.07, 6.45) is 3.94. The lowest BCUT2D eigenvalue weighted by molar-refractivity contribution is -0.123. The van der Waals surface area contributed by atoms with Crippen LogP contribution in [0.4, 0.5) is 0 Å². The number of methoxy groups -OCH3 is 1. The minimum absolute atomic E-state index is 0.251. The van der Waals surface area contributed by atoms with E-state index < -0.39 is 11.9 Å². The van der Waals surface area contributed by atoms with E-state index in [1.807, 2.05) is 26.0 Å². The molecule has 9 nitrogen and oxygen atoms in total. The number of amides is 1. The van der Waals surface area contributed by atoms with E-state index in [4.69, 9.17) is 23.7 Å². The van der Waals surface area contributed by atoms with E-state index in [0.29, 0.717) is 53.8 Å². The number of ether oxygens (including phenoxy) is 5. The van der Waals surface area contributed by atoms with Gasteiger partial charge in [0.25, 0.3) is 5.91 Å². The van der Waals surface area contributed by atoms with Crippen LogP contribution in [0.3, 0.4) is 0 Å². The molecule has 0 aliphatic rings. The van der Waals surface area contributed by atoms with Crippen LogP contribution in [0.25, 0.3) is 0 Å².